The molecule has 0 aliphatic rings. The van der Waals surface area contributed by atoms with E-state index in [0.717, 1.165) is 0 Å². The first-order valence-electron chi connectivity index (χ1n) is 0.775. The van der Waals surface area contributed by atoms with Gasteiger partial charge in [-0.3, -0.25) is 0 Å². The van der Waals surface area contributed by atoms with Gasteiger partial charge in [0.05, 0.1) is 0 Å². The van der Waals surface area contributed by atoms with Crippen LogP contribution in [0.25, 0.3) is 0 Å². The minimum absolute atomic E-state index is 0. The Labute approximate surface area is 71.6 Å². The van der Waals surface area contributed by atoms with Gasteiger partial charge in [-0.15, -0.1) is 0 Å². The molecule has 0 heterocycles. The first-order valence-corrected chi connectivity index (χ1v) is 0.775. The standard InChI is InChI=1S/BH3O3.Na.V.H/c2-1(3)4;;;/h2-4H;;;/q;+1;;-1. The molecule has 0 aromatic rings. The van der Waals surface area contributed by atoms with Crippen molar-refractivity contribution in [3.8, 4) is 0 Å². The van der Waals surface area contributed by atoms with Crippen LogP contribution in [-0.2, 0) is 18.6 Å². The summed E-state index contributed by atoms with van der Waals surface area (Å²) in [6.07, 6.45) is 0. The van der Waals surface area contributed by atoms with Crippen LogP contribution in [0, 0.1) is 0 Å². The molecule has 6 heteroatoms. The van der Waals surface area contributed by atoms with Crippen LogP contribution in [0.4, 0.5) is 0 Å². The van der Waals surface area contributed by atoms with Crippen LogP contribution in [0.3, 0.4) is 0 Å². The molecule has 0 unspecified atom stereocenters. The molecule has 0 aromatic heterocycles. The van der Waals surface area contributed by atoms with Gasteiger partial charge in [0.1, 0.15) is 0 Å². The Balaban J connectivity index is -0.0000000150. The van der Waals surface area contributed by atoms with E-state index in [1.807, 2.05) is 0 Å². The van der Waals surface area contributed by atoms with E-state index in [0.29, 0.717) is 0 Å². The van der Waals surface area contributed by atoms with Crippen molar-refractivity contribution in [2.24, 2.45) is 0 Å². The van der Waals surface area contributed by atoms with Gasteiger partial charge >= 0.3 is 36.9 Å². The summed E-state index contributed by atoms with van der Waals surface area (Å²) >= 11 is 0. The first kappa shape index (κ1) is 15.6. The van der Waals surface area contributed by atoms with Gasteiger partial charge in [-0.2, -0.15) is 0 Å². The van der Waals surface area contributed by atoms with Gasteiger partial charge in [0.2, 0.25) is 0 Å². The molecule has 3 nitrogen and oxygen atoms in total. The van der Waals surface area contributed by atoms with Crippen molar-refractivity contribution < 1.29 is 64.6 Å². The van der Waals surface area contributed by atoms with Crippen molar-refractivity contribution in [1.82, 2.24) is 0 Å². The Morgan fingerprint density at radius 2 is 1.17 bits per heavy atom. The Morgan fingerprint density at radius 1 is 1.17 bits per heavy atom. The molecule has 0 aliphatic heterocycles. The smallest absolute Gasteiger partial charge is 1.00 e. The Hall–Kier alpha value is 1.53. The molecule has 6 heavy (non-hydrogen) atoms. The fourth-order valence-electron chi connectivity index (χ4n) is 0. The van der Waals surface area contributed by atoms with E-state index in [4.69, 9.17) is 15.1 Å². The number of rotatable bonds is 0. The molecule has 0 saturated carbocycles. The SMILES string of the molecule is OB(O)O.[H-].[Na+].[V]. The summed E-state index contributed by atoms with van der Waals surface area (Å²) in [5, 5.41) is 21.5. The topological polar surface area (TPSA) is 60.7 Å². The molecule has 0 bridgehead atoms. The van der Waals surface area contributed by atoms with E-state index < -0.39 is 7.32 Å². The average Bonchev–Trinajstić information content (AvgIpc) is 0.811. The predicted octanol–water partition coefficient (Wildman–Crippen LogP) is -4.94. The van der Waals surface area contributed by atoms with Gasteiger partial charge in [-0.1, -0.05) is 0 Å². The second-order valence-electron chi connectivity index (χ2n) is 0.346. The van der Waals surface area contributed by atoms with Crippen molar-refractivity contribution in [2.45, 2.75) is 0 Å². The average molecular weight is 137 g/mol. The van der Waals surface area contributed by atoms with Crippen molar-refractivity contribution in [2.75, 3.05) is 0 Å². The van der Waals surface area contributed by atoms with E-state index in [-0.39, 0.29) is 49.5 Å². The quantitative estimate of drug-likeness (QED) is 0.293. The Kier molecular flexibility index (Phi) is 25.4. The third-order valence-corrected chi connectivity index (χ3v) is 0. The van der Waals surface area contributed by atoms with E-state index in [1.165, 1.54) is 0 Å². The van der Waals surface area contributed by atoms with Crippen molar-refractivity contribution in [3.05, 3.63) is 0 Å². The Morgan fingerprint density at radius 3 is 1.17 bits per heavy atom. The molecule has 0 fully saturated rings. The second kappa shape index (κ2) is 9.73. The van der Waals surface area contributed by atoms with Gasteiger partial charge in [-0.25, -0.2) is 0 Å². The summed E-state index contributed by atoms with van der Waals surface area (Å²) in [7, 11) is -2.17. The number of hydrogen-bond donors (Lipinski definition) is 3. The van der Waals surface area contributed by atoms with Crippen LogP contribution >= 0.6 is 0 Å². The van der Waals surface area contributed by atoms with E-state index >= 15 is 0 Å². The fourth-order valence-corrected chi connectivity index (χ4v) is 0. The summed E-state index contributed by atoms with van der Waals surface area (Å²) in [5.74, 6) is 0. The van der Waals surface area contributed by atoms with Crippen LogP contribution in [0.15, 0.2) is 0 Å². The van der Waals surface area contributed by atoms with Crippen LogP contribution in [0.5, 0.6) is 0 Å². The van der Waals surface area contributed by atoms with E-state index in [2.05, 4.69) is 0 Å². The molecular weight excluding hydrogens is 133 g/mol. The van der Waals surface area contributed by atoms with Crippen LogP contribution in [-0.4, -0.2) is 22.4 Å². The monoisotopic (exact) mass is 137 g/mol. The van der Waals surface area contributed by atoms with E-state index in [9.17, 15) is 0 Å². The molecule has 0 aromatic carbocycles. The molecule has 0 rings (SSSR count). The first-order chi connectivity index (χ1) is 1.73. The van der Waals surface area contributed by atoms with Crippen molar-refractivity contribution in [1.29, 1.82) is 0 Å². The summed E-state index contributed by atoms with van der Waals surface area (Å²) in [4.78, 5) is 0. The van der Waals surface area contributed by atoms with Gasteiger partial charge in [0.25, 0.3) is 0 Å². The van der Waals surface area contributed by atoms with Gasteiger partial charge in [-0.05, 0) is 0 Å². The van der Waals surface area contributed by atoms with Gasteiger partial charge < -0.3 is 16.5 Å². The molecule has 1 radical (unpaired) electrons. The van der Waals surface area contributed by atoms with Crippen molar-refractivity contribution >= 4 is 7.32 Å². The minimum atomic E-state index is -2.17. The summed E-state index contributed by atoms with van der Waals surface area (Å²) in [6, 6.07) is 0. The maximum atomic E-state index is 7.17. The van der Waals surface area contributed by atoms with Crippen molar-refractivity contribution in [3.63, 3.8) is 0 Å². The van der Waals surface area contributed by atoms with Crippen LogP contribution in [0.2, 0.25) is 0 Å². The molecule has 0 atom stereocenters. The van der Waals surface area contributed by atoms with Crippen LogP contribution in [0.1, 0.15) is 1.43 Å². The molecule has 3 N–H and O–H groups in total. The summed E-state index contributed by atoms with van der Waals surface area (Å²) in [5.41, 5.74) is 0. The zero-order valence-corrected chi connectivity index (χ0v) is 6.76. The third kappa shape index (κ3) is 48.5. The molecular formula is H4BNaO3V. The minimum Gasteiger partial charge on any atom is -1.00 e. The maximum Gasteiger partial charge on any atom is 1.00 e. The zero-order valence-electron chi connectivity index (χ0n) is 4.37. The summed E-state index contributed by atoms with van der Waals surface area (Å²) < 4.78 is 0. The molecule has 0 aliphatic carbocycles. The van der Waals surface area contributed by atoms with Crippen LogP contribution < -0.4 is 29.6 Å². The van der Waals surface area contributed by atoms with Gasteiger partial charge in [0, 0.05) is 18.6 Å². The molecule has 31 valence electrons. The molecule has 0 amide bonds. The summed E-state index contributed by atoms with van der Waals surface area (Å²) in [6.45, 7) is 0. The van der Waals surface area contributed by atoms with E-state index in [1.54, 1.807) is 0 Å². The largest absolute Gasteiger partial charge is 1.00 e. The zero-order chi connectivity index (χ0) is 3.58. The number of hydrogen-bond acceptors (Lipinski definition) is 3. The normalized spacial score (nSPS) is 4.50. The third-order valence-electron chi connectivity index (χ3n) is 0. The van der Waals surface area contributed by atoms with Gasteiger partial charge in [0.15, 0.2) is 0 Å². The Bertz CT molecular complexity index is 19.7. The molecule has 0 saturated heterocycles. The maximum absolute atomic E-state index is 7.17. The second-order valence-corrected chi connectivity index (χ2v) is 0.346. The predicted molar refractivity (Wildman–Crippen MR) is 13.5 cm³/mol. The molecule has 0 spiro atoms. The fraction of sp³-hybridized carbons (Fsp3) is 0.